The molecule has 0 spiro atoms. The molecule has 3 nitrogen and oxygen atoms in total. The number of hydrogen-bond donors (Lipinski definition) is 0. The number of thiazole rings is 1. The van der Waals surface area contributed by atoms with Crippen molar-refractivity contribution >= 4 is 11.3 Å². The molecule has 1 aromatic carbocycles. The summed E-state index contributed by atoms with van der Waals surface area (Å²) in [4.78, 5) is 13.8. The first-order valence-corrected chi connectivity index (χ1v) is 7.61. The highest BCUT2D eigenvalue weighted by Crippen LogP contribution is 2.36. The maximum absolute atomic E-state index is 12.6. The van der Waals surface area contributed by atoms with Crippen LogP contribution in [-0.2, 0) is 6.18 Å². The van der Waals surface area contributed by atoms with Gasteiger partial charge in [-0.15, -0.1) is 11.3 Å². The van der Waals surface area contributed by atoms with Crippen molar-refractivity contribution in [3.05, 3.63) is 53.6 Å². The lowest BCUT2D eigenvalue weighted by Gasteiger charge is -2.06. The first-order valence-electron chi connectivity index (χ1n) is 6.79. The fourth-order valence-corrected chi connectivity index (χ4v) is 3.18. The van der Waals surface area contributed by atoms with Crippen LogP contribution in [0.5, 0.6) is 0 Å². The number of benzene rings is 1. The van der Waals surface area contributed by atoms with Crippen LogP contribution in [0.1, 0.15) is 17.1 Å². The van der Waals surface area contributed by atoms with Crippen molar-refractivity contribution in [1.29, 1.82) is 0 Å². The molecule has 0 saturated carbocycles. The third kappa shape index (κ3) is 3.24. The molecule has 2 heterocycles. The molecule has 118 valence electrons. The van der Waals surface area contributed by atoms with Crippen molar-refractivity contribution in [3.63, 3.8) is 0 Å². The average molecular weight is 335 g/mol. The van der Waals surface area contributed by atoms with E-state index < -0.39 is 11.7 Å². The summed E-state index contributed by atoms with van der Waals surface area (Å²) in [6.07, 6.45) is -2.66. The van der Waals surface area contributed by atoms with Crippen LogP contribution in [0.15, 0.2) is 36.5 Å². The molecule has 0 aliphatic heterocycles. The van der Waals surface area contributed by atoms with Crippen molar-refractivity contribution < 1.29 is 13.2 Å². The number of rotatable bonds is 2. The zero-order valence-electron chi connectivity index (χ0n) is 12.3. The lowest BCUT2D eigenvalue weighted by molar-refractivity contribution is -0.137. The van der Waals surface area contributed by atoms with Crippen LogP contribution in [0.25, 0.3) is 21.1 Å². The Balaban J connectivity index is 1.98. The highest BCUT2D eigenvalue weighted by Gasteiger charge is 2.30. The number of hydrogen-bond acceptors (Lipinski definition) is 4. The molecule has 0 aliphatic carbocycles. The van der Waals surface area contributed by atoms with Gasteiger partial charge in [-0.2, -0.15) is 13.2 Å². The van der Waals surface area contributed by atoms with Gasteiger partial charge in [-0.1, -0.05) is 12.1 Å². The lowest BCUT2D eigenvalue weighted by atomic mass is 10.1. The summed E-state index contributed by atoms with van der Waals surface area (Å²) < 4.78 is 37.9. The maximum atomic E-state index is 12.6. The van der Waals surface area contributed by atoms with Crippen molar-refractivity contribution in [1.82, 2.24) is 15.0 Å². The van der Waals surface area contributed by atoms with Gasteiger partial charge in [0, 0.05) is 11.8 Å². The highest BCUT2D eigenvalue weighted by atomic mass is 32.1. The van der Waals surface area contributed by atoms with E-state index in [9.17, 15) is 13.2 Å². The molecule has 3 rings (SSSR count). The van der Waals surface area contributed by atoms with Crippen LogP contribution >= 0.6 is 11.3 Å². The molecular formula is C16H12F3N3S. The molecule has 0 saturated heterocycles. The number of nitrogens with zero attached hydrogens (tertiary/aromatic N) is 3. The second-order valence-corrected chi connectivity index (χ2v) is 6.00. The number of halogens is 3. The van der Waals surface area contributed by atoms with Gasteiger partial charge >= 0.3 is 6.18 Å². The van der Waals surface area contributed by atoms with Crippen LogP contribution in [0, 0.1) is 13.8 Å². The number of aryl methyl sites for hydroxylation is 2. The van der Waals surface area contributed by atoms with Crippen LogP contribution in [-0.4, -0.2) is 15.0 Å². The molecular weight excluding hydrogens is 323 g/mol. The Morgan fingerprint density at radius 3 is 2.26 bits per heavy atom. The smallest absolute Gasteiger partial charge is 0.242 e. The molecule has 7 heteroatoms. The Bertz CT molecular complexity index is 839. The first-order chi connectivity index (χ1) is 10.8. The summed E-state index contributed by atoms with van der Waals surface area (Å²) in [6, 6.07) is 6.82. The Morgan fingerprint density at radius 1 is 0.957 bits per heavy atom. The van der Waals surface area contributed by atoms with Crippen LogP contribution in [0.2, 0.25) is 0 Å². The van der Waals surface area contributed by atoms with E-state index >= 15 is 0 Å². The standard InChI is InChI=1S/C16H12F3N3S/c1-9-14(13-7-8-20-10(2)22-13)23-15(21-9)11-3-5-12(6-4-11)16(17,18)19/h3-8H,1-2H3. The Kier molecular flexibility index (Phi) is 3.89. The van der Waals surface area contributed by atoms with E-state index in [0.29, 0.717) is 16.4 Å². The summed E-state index contributed by atoms with van der Waals surface area (Å²) in [6.45, 7) is 3.66. The van der Waals surface area contributed by atoms with Crippen LogP contribution in [0.3, 0.4) is 0 Å². The second-order valence-electron chi connectivity index (χ2n) is 5.00. The molecule has 0 unspecified atom stereocenters. The van der Waals surface area contributed by atoms with Crippen molar-refractivity contribution in [2.24, 2.45) is 0 Å². The number of alkyl halides is 3. The predicted octanol–water partition coefficient (Wildman–Crippen LogP) is 4.90. The van der Waals surface area contributed by atoms with Gasteiger partial charge < -0.3 is 0 Å². The lowest BCUT2D eigenvalue weighted by Crippen LogP contribution is -2.03. The summed E-state index contributed by atoms with van der Waals surface area (Å²) in [5.41, 5.74) is 1.55. The zero-order valence-corrected chi connectivity index (χ0v) is 13.2. The second kappa shape index (κ2) is 5.73. The minimum atomic E-state index is -4.33. The minimum Gasteiger partial charge on any atom is -0.242 e. The van der Waals surface area contributed by atoms with Gasteiger partial charge in [0.15, 0.2) is 0 Å². The van der Waals surface area contributed by atoms with Crippen LogP contribution < -0.4 is 0 Å². The average Bonchev–Trinajstić information content (AvgIpc) is 2.88. The van der Waals surface area contributed by atoms with Gasteiger partial charge in [0.05, 0.1) is 21.8 Å². The van der Waals surface area contributed by atoms with E-state index in [1.165, 1.54) is 23.5 Å². The molecule has 2 aromatic heterocycles. The molecule has 0 amide bonds. The van der Waals surface area contributed by atoms with Crippen molar-refractivity contribution in [2.75, 3.05) is 0 Å². The molecule has 0 bridgehead atoms. The first kappa shape index (κ1) is 15.6. The summed E-state index contributed by atoms with van der Waals surface area (Å²) >= 11 is 1.41. The Morgan fingerprint density at radius 2 is 1.65 bits per heavy atom. The fourth-order valence-electron chi connectivity index (χ4n) is 2.14. The van der Waals surface area contributed by atoms with E-state index in [1.807, 2.05) is 6.92 Å². The van der Waals surface area contributed by atoms with E-state index in [4.69, 9.17) is 0 Å². The zero-order chi connectivity index (χ0) is 16.6. The summed E-state index contributed by atoms with van der Waals surface area (Å²) in [5.74, 6) is 0.659. The Hall–Kier alpha value is -2.28. The number of aromatic nitrogens is 3. The normalized spacial score (nSPS) is 11.7. The van der Waals surface area contributed by atoms with E-state index in [0.717, 1.165) is 28.4 Å². The molecule has 0 fully saturated rings. The van der Waals surface area contributed by atoms with Crippen LogP contribution in [0.4, 0.5) is 13.2 Å². The minimum absolute atomic E-state index is 0.656. The quantitative estimate of drug-likeness (QED) is 0.668. The maximum Gasteiger partial charge on any atom is 0.416 e. The highest BCUT2D eigenvalue weighted by molar-refractivity contribution is 7.18. The summed E-state index contributed by atoms with van der Waals surface area (Å²) in [7, 11) is 0. The summed E-state index contributed by atoms with van der Waals surface area (Å²) in [5, 5.41) is 0.669. The molecule has 0 atom stereocenters. The molecule has 23 heavy (non-hydrogen) atoms. The van der Waals surface area contributed by atoms with Gasteiger partial charge in [0.2, 0.25) is 0 Å². The molecule has 0 radical (unpaired) electrons. The monoisotopic (exact) mass is 335 g/mol. The van der Waals surface area contributed by atoms with Gasteiger partial charge in [-0.25, -0.2) is 15.0 Å². The molecule has 3 aromatic rings. The van der Waals surface area contributed by atoms with E-state index in [2.05, 4.69) is 15.0 Å². The molecule has 0 N–H and O–H groups in total. The Labute approximate surface area is 134 Å². The van der Waals surface area contributed by atoms with Crippen molar-refractivity contribution in [2.45, 2.75) is 20.0 Å². The molecule has 0 aliphatic rings. The predicted molar refractivity (Wildman–Crippen MR) is 83.1 cm³/mol. The SMILES string of the molecule is Cc1nccc(-c2sc(-c3ccc(C(F)(F)F)cc3)nc2C)n1. The van der Waals surface area contributed by atoms with Crippen molar-refractivity contribution in [3.8, 4) is 21.1 Å². The third-order valence-corrected chi connectivity index (χ3v) is 4.49. The topological polar surface area (TPSA) is 38.7 Å². The fraction of sp³-hybridized carbons (Fsp3) is 0.188. The van der Waals surface area contributed by atoms with Gasteiger partial charge in [0.1, 0.15) is 10.8 Å². The third-order valence-electron chi connectivity index (χ3n) is 3.26. The van der Waals surface area contributed by atoms with Gasteiger partial charge in [-0.3, -0.25) is 0 Å². The largest absolute Gasteiger partial charge is 0.416 e. The van der Waals surface area contributed by atoms with E-state index in [1.54, 1.807) is 19.2 Å². The van der Waals surface area contributed by atoms with E-state index in [-0.39, 0.29) is 0 Å². The van der Waals surface area contributed by atoms with Gasteiger partial charge in [-0.05, 0) is 32.0 Å². The van der Waals surface area contributed by atoms with Gasteiger partial charge in [0.25, 0.3) is 0 Å².